The van der Waals surface area contributed by atoms with E-state index < -0.39 is 11.4 Å². The maximum atomic E-state index is 12.8. The third kappa shape index (κ3) is 2.76. The SMILES string of the molecule is C=C1CC[C@@]2(C)C(CC[C@]3(C)C2CCC2C4[C@H](C(C)C)CC[C@]4(C(=O)O)CC[C@]23C)C1(C)C. The summed E-state index contributed by atoms with van der Waals surface area (Å²) in [7, 11) is 0. The fraction of sp³-hybridized carbons (Fsp3) is 0.903. The quantitative estimate of drug-likeness (QED) is 0.425. The highest BCUT2D eigenvalue weighted by Gasteiger charge is 2.71. The first-order valence-corrected chi connectivity index (χ1v) is 14.2. The Balaban J connectivity index is 1.56. The summed E-state index contributed by atoms with van der Waals surface area (Å²) < 4.78 is 0. The van der Waals surface area contributed by atoms with Gasteiger partial charge >= 0.3 is 5.97 Å². The van der Waals surface area contributed by atoms with E-state index in [9.17, 15) is 9.90 Å². The Labute approximate surface area is 203 Å². The van der Waals surface area contributed by atoms with Gasteiger partial charge in [-0.2, -0.15) is 0 Å². The van der Waals surface area contributed by atoms with Crippen LogP contribution in [0.15, 0.2) is 12.2 Å². The summed E-state index contributed by atoms with van der Waals surface area (Å²) in [6.45, 7) is 22.1. The van der Waals surface area contributed by atoms with Crippen molar-refractivity contribution in [1.82, 2.24) is 0 Å². The van der Waals surface area contributed by atoms with E-state index in [2.05, 4.69) is 55.0 Å². The number of aliphatic carboxylic acids is 1. The van der Waals surface area contributed by atoms with Crippen LogP contribution in [0.1, 0.15) is 113 Å². The number of hydrogen-bond acceptors (Lipinski definition) is 1. The second-order valence-corrected chi connectivity index (χ2v) is 14.9. The zero-order valence-corrected chi connectivity index (χ0v) is 22.6. The summed E-state index contributed by atoms with van der Waals surface area (Å²) in [6.07, 6.45) is 11.8. The smallest absolute Gasteiger partial charge is 0.309 e. The molecular formula is C31H50O2. The van der Waals surface area contributed by atoms with E-state index in [4.69, 9.17) is 0 Å². The lowest BCUT2D eigenvalue weighted by atomic mass is 9.32. The van der Waals surface area contributed by atoms with Gasteiger partial charge in [-0.3, -0.25) is 4.79 Å². The summed E-state index contributed by atoms with van der Waals surface area (Å²) >= 11 is 0. The predicted octanol–water partition coefficient (Wildman–Crippen LogP) is 8.36. The monoisotopic (exact) mass is 454 g/mol. The highest BCUT2D eigenvalue weighted by Crippen LogP contribution is 2.77. The minimum absolute atomic E-state index is 0.241. The van der Waals surface area contributed by atoms with Crippen LogP contribution in [0.4, 0.5) is 0 Å². The fourth-order valence-electron chi connectivity index (χ4n) is 11.7. The Morgan fingerprint density at radius 2 is 1.58 bits per heavy atom. The van der Waals surface area contributed by atoms with E-state index >= 15 is 0 Å². The molecule has 0 saturated heterocycles. The van der Waals surface area contributed by atoms with Crippen LogP contribution in [0.5, 0.6) is 0 Å². The molecule has 5 saturated carbocycles. The van der Waals surface area contributed by atoms with E-state index in [1.54, 1.807) is 0 Å². The zero-order valence-electron chi connectivity index (χ0n) is 22.6. The highest BCUT2D eigenvalue weighted by atomic mass is 16.4. The molecule has 2 nitrogen and oxygen atoms in total. The molecule has 2 heteroatoms. The van der Waals surface area contributed by atoms with Gasteiger partial charge in [0.25, 0.3) is 0 Å². The number of fused-ring (bicyclic) bond motifs is 7. The van der Waals surface area contributed by atoms with Crippen molar-refractivity contribution in [3.8, 4) is 0 Å². The minimum Gasteiger partial charge on any atom is -0.481 e. The van der Waals surface area contributed by atoms with Gasteiger partial charge in [-0.05, 0) is 121 Å². The standard InChI is InChI=1S/C31H50O2/c1-19(2)21-12-16-31(26(32)33)18-17-29(7)22(25(21)31)9-10-24-28(6)14-11-20(3)27(4,5)23(28)13-15-30(24,29)8/h19,21-25H,3,9-18H2,1-2,4-8H3,(H,32,33)/t21-,22?,23?,24?,25?,28-,29+,30+,31-/m0/s1. The summed E-state index contributed by atoms with van der Waals surface area (Å²) in [6, 6.07) is 0. The number of allylic oxidation sites excluding steroid dienone is 1. The molecule has 0 spiro atoms. The lowest BCUT2D eigenvalue weighted by Gasteiger charge is -2.72. The molecule has 5 rings (SSSR count). The number of hydrogen-bond donors (Lipinski definition) is 1. The molecule has 5 fully saturated rings. The molecule has 0 aliphatic heterocycles. The van der Waals surface area contributed by atoms with Gasteiger partial charge in [-0.25, -0.2) is 0 Å². The zero-order chi connectivity index (χ0) is 24.2. The van der Waals surface area contributed by atoms with Gasteiger partial charge in [-0.1, -0.05) is 60.6 Å². The van der Waals surface area contributed by atoms with Crippen molar-refractivity contribution in [2.75, 3.05) is 0 Å². The molecule has 0 aromatic carbocycles. The maximum absolute atomic E-state index is 12.8. The number of carboxylic acid groups (broad SMARTS) is 1. The third-order valence-corrected chi connectivity index (χ3v) is 13.8. The number of carbonyl (C=O) groups is 1. The Bertz CT molecular complexity index is 855. The maximum Gasteiger partial charge on any atom is 0.309 e. The number of carboxylic acids is 1. The molecule has 5 aliphatic carbocycles. The fourth-order valence-corrected chi connectivity index (χ4v) is 11.7. The van der Waals surface area contributed by atoms with E-state index in [0.29, 0.717) is 34.5 Å². The van der Waals surface area contributed by atoms with Gasteiger partial charge in [0.05, 0.1) is 5.41 Å². The first kappa shape index (κ1) is 23.9. The third-order valence-electron chi connectivity index (χ3n) is 13.8. The van der Waals surface area contributed by atoms with E-state index in [1.165, 1.54) is 44.1 Å². The van der Waals surface area contributed by atoms with Gasteiger partial charge in [0, 0.05) is 0 Å². The second-order valence-electron chi connectivity index (χ2n) is 14.9. The van der Waals surface area contributed by atoms with E-state index in [-0.39, 0.29) is 10.8 Å². The van der Waals surface area contributed by atoms with Crippen molar-refractivity contribution in [2.24, 2.45) is 62.6 Å². The normalized spacial score (nSPS) is 53.1. The molecule has 5 aliphatic rings. The Morgan fingerprint density at radius 1 is 0.879 bits per heavy atom. The first-order chi connectivity index (χ1) is 15.3. The van der Waals surface area contributed by atoms with Crippen LogP contribution in [-0.2, 0) is 4.79 Å². The summed E-state index contributed by atoms with van der Waals surface area (Å²) in [4.78, 5) is 12.8. The highest BCUT2D eigenvalue weighted by molar-refractivity contribution is 5.76. The lowest BCUT2D eigenvalue weighted by molar-refractivity contribution is -0.235. The lowest BCUT2D eigenvalue weighted by Crippen LogP contribution is -2.66. The summed E-state index contributed by atoms with van der Waals surface area (Å²) in [5, 5.41) is 10.5. The van der Waals surface area contributed by atoms with E-state index in [1.807, 2.05) is 0 Å². The van der Waals surface area contributed by atoms with Crippen molar-refractivity contribution in [1.29, 1.82) is 0 Å². The van der Waals surface area contributed by atoms with Crippen LogP contribution in [-0.4, -0.2) is 11.1 Å². The summed E-state index contributed by atoms with van der Waals surface area (Å²) in [5.41, 5.74) is 2.25. The van der Waals surface area contributed by atoms with Gasteiger partial charge in [0.15, 0.2) is 0 Å². The van der Waals surface area contributed by atoms with Crippen LogP contribution in [0.25, 0.3) is 0 Å². The molecule has 9 atom stereocenters. The average Bonchev–Trinajstić information content (AvgIpc) is 3.13. The Hall–Kier alpha value is -0.790. The molecule has 0 aromatic heterocycles. The van der Waals surface area contributed by atoms with Gasteiger partial charge in [0.1, 0.15) is 0 Å². The predicted molar refractivity (Wildman–Crippen MR) is 136 cm³/mol. The van der Waals surface area contributed by atoms with Crippen molar-refractivity contribution in [2.45, 2.75) is 113 Å². The molecule has 0 aromatic rings. The van der Waals surface area contributed by atoms with Crippen LogP contribution in [0.3, 0.4) is 0 Å². The van der Waals surface area contributed by atoms with Crippen molar-refractivity contribution in [3.63, 3.8) is 0 Å². The molecule has 33 heavy (non-hydrogen) atoms. The van der Waals surface area contributed by atoms with Crippen molar-refractivity contribution < 1.29 is 9.90 Å². The second kappa shape index (κ2) is 7.13. The Kier molecular flexibility index (Phi) is 5.17. The molecule has 1 N–H and O–H groups in total. The Morgan fingerprint density at radius 3 is 2.21 bits per heavy atom. The van der Waals surface area contributed by atoms with Crippen LogP contribution in [0.2, 0.25) is 0 Å². The molecule has 4 unspecified atom stereocenters. The first-order valence-electron chi connectivity index (χ1n) is 14.2. The molecule has 0 radical (unpaired) electrons. The largest absolute Gasteiger partial charge is 0.481 e. The van der Waals surface area contributed by atoms with Gasteiger partial charge in [-0.15, -0.1) is 0 Å². The number of rotatable bonds is 2. The van der Waals surface area contributed by atoms with E-state index in [0.717, 1.165) is 37.5 Å². The van der Waals surface area contributed by atoms with Crippen LogP contribution < -0.4 is 0 Å². The van der Waals surface area contributed by atoms with Crippen LogP contribution >= 0.6 is 0 Å². The molecule has 186 valence electrons. The molecule has 0 amide bonds. The van der Waals surface area contributed by atoms with Crippen molar-refractivity contribution >= 4 is 5.97 Å². The minimum atomic E-state index is -0.479. The summed E-state index contributed by atoms with van der Waals surface area (Å²) in [5.74, 6) is 3.13. The van der Waals surface area contributed by atoms with Crippen LogP contribution in [0, 0.1) is 62.6 Å². The molecule has 0 heterocycles. The average molecular weight is 455 g/mol. The topological polar surface area (TPSA) is 37.3 Å². The van der Waals surface area contributed by atoms with Crippen molar-refractivity contribution in [3.05, 3.63) is 12.2 Å². The van der Waals surface area contributed by atoms with Gasteiger partial charge < -0.3 is 5.11 Å². The van der Waals surface area contributed by atoms with Gasteiger partial charge in [0.2, 0.25) is 0 Å². The molecular weight excluding hydrogens is 404 g/mol. The molecule has 0 bridgehead atoms.